The second-order valence-electron chi connectivity index (χ2n) is 7.75. The van der Waals surface area contributed by atoms with Crippen molar-refractivity contribution in [3.8, 4) is 0 Å². The Labute approximate surface area is 176 Å². The van der Waals surface area contributed by atoms with Crippen LogP contribution >= 0.6 is 0 Å². The minimum absolute atomic E-state index is 0.0358. The number of carbonyl (C=O) groups excluding carboxylic acids is 3. The van der Waals surface area contributed by atoms with E-state index in [4.69, 9.17) is 0 Å². The Morgan fingerprint density at radius 1 is 1.27 bits per heavy atom. The van der Waals surface area contributed by atoms with Crippen LogP contribution in [0.4, 0.5) is 4.79 Å². The lowest BCUT2D eigenvalue weighted by Crippen LogP contribution is -2.51. The molecule has 1 fully saturated rings. The van der Waals surface area contributed by atoms with E-state index in [1.54, 1.807) is 23.0 Å². The molecule has 160 valence electrons. The Kier molecular flexibility index (Phi) is 6.21. The molecule has 1 aliphatic heterocycles. The third-order valence-corrected chi connectivity index (χ3v) is 5.35. The fraction of sp³-hybridized carbons (Fsp3) is 0.429. The molecule has 2 N–H and O–H groups in total. The molecule has 4 amide bonds. The Morgan fingerprint density at radius 2 is 1.97 bits per heavy atom. The number of imide groups is 1. The summed E-state index contributed by atoms with van der Waals surface area (Å²) >= 11 is 0. The molecule has 1 aromatic heterocycles. The molecule has 3 rings (SSSR count). The van der Waals surface area contributed by atoms with Crippen LogP contribution in [0.25, 0.3) is 0 Å². The van der Waals surface area contributed by atoms with E-state index < -0.39 is 23.4 Å². The zero-order chi connectivity index (χ0) is 21.9. The summed E-state index contributed by atoms with van der Waals surface area (Å²) < 4.78 is 1.70. The standard InChI is InChI=1S/C21H28N6O3/c1-5-21(17-9-7-6-8-10-17)19(29)27(20(30)23-21)24-18(28)14-26(15(2)3)13-16-11-22-25(4)12-16/h6-12,15H,5,13-14H2,1-4H3,(H,23,30)(H,24,28). The van der Waals surface area contributed by atoms with E-state index in [9.17, 15) is 14.4 Å². The molecule has 1 atom stereocenters. The molecule has 0 spiro atoms. The van der Waals surface area contributed by atoms with Gasteiger partial charge in [0.05, 0.1) is 12.7 Å². The molecule has 1 unspecified atom stereocenters. The lowest BCUT2D eigenvalue weighted by molar-refractivity contribution is -0.140. The number of hydrogen-bond acceptors (Lipinski definition) is 5. The average molecular weight is 412 g/mol. The number of rotatable bonds is 8. The number of benzene rings is 1. The van der Waals surface area contributed by atoms with Gasteiger partial charge in [-0.3, -0.25) is 24.6 Å². The van der Waals surface area contributed by atoms with Crippen molar-refractivity contribution in [2.24, 2.45) is 7.05 Å². The number of hydrogen-bond donors (Lipinski definition) is 2. The van der Waals surface area contributed by atoms with Crippen molar-refractivity contribution in [2.45, 2.75) is 45.3 Å². The first-order valence-corrected chi connectivity index (χ1v) is 10.00. The monoisotopic (exact) mass is 412 g/mol. The Balaban J connectivity index is 1.71. The first kappa shape index (κ1) is 21.5. The van der Waals surface area contributed by atoms with Crippen LogP contribution in [0.3, 0.4) is 0 Å². The minimum Gasteiger partial charge on any atom is -0.318 e. The molecule has 2 heterocycles. The van der Waals surface area contributed by atoms with E-state index in [0.717, 1.165) is 10.6 Å². The SMILES string of the molecule is CCC1(c2ccccc2)NC(=O)N(NC(=O)CN(Cc2cnn(C)c2)C(C)C)C1=O. The number of nitrogens with zero attached hydrogens (tertiary/aromatic N) is 4. The molecule has 9 nitrogen and oxygen atoms in total. The van der Waals surface area contributed by atoms with Crippen molar-refractivity contribution in [1.82, 2.24) is 30.4 Å². The van der Waals surface area contributed by atoms with Gasteiger partial charge in [-0.1, -0.05) is 37.3 Å². The predicted molar refractivity (Wildman–Crippen MR) is 111 cm³/mol. The summed E-state index contributed by atoms with van der Waals surface area (Å²) in [6.45, 7) is 6.35. The predicted octanol–water partition coefficient (Wildman–Crippen LogP) is 1.52. The minimum atomic E-state index is -1.18. The molecule has 1 aliphatic rings. The van der Waals surface area contributed by atoms with Gasteiger partial charge in [0, 0.05) is 31.4 Å². The number of nitrogens with one attached hydrogen (secondary N) is 2. The molecule has 0 saturated carbocycles. The Hall–Kier alpha value is -3.20. The third kappa shape index (κ3) is 4.20. The van der Waals surface area contributed by atoms with Crippen LogP contribution in [0.5, 0.6) is 0 Å². The van der Waals surface area contributed by atoms with Crippen LogP contribution in [0.15, 0.2) is 42.7 Å². The maximum absolute atomic E-state index is 13.1. The van der Waals surface area contributed by atoms with Gasteiger partial charge >= 0.3 is 6.03 Å². The van der Waals surface area contributed by atoms with Crippen molar-refractivity contribution >= 4 is 17.8 Å². The van der Waals surface area contributed by atoms with Gasteiger partial charge < -0.3 is 5.32 Å². The van der Waals surface area contributed by atoms with E-state index >= 15 is 0 Å². The lowest BCUT2D eigenvalue weighted by Gasteiger charge is -2.27. The van der Waals surface area contributed by atoms with Gasteiger partial charge in [0.15, 0.2) is 0 Å². The number of aromatic nitrogens is 2. The molecule has 1 saturated heterocycles. The number of aryl methyl sites for hydroxylation is 1. The van der Waals surface area contributed by atoms with Gasteiger partial charge in [-0.15, -0.1) is 0 Å². The summed E-state index contributed by atoms with van der Waals surface area (Å²) in [7, 11) is 1.83. The highest BCUT2D eigenvalue weighted by atomic mass is 16.2. The molecular weight excluding hydrogens is 384 g/mol. The molecule has 0 aliphatic carbocycles. The van der Waals surface area contributed by atoms with Gasteiger partial charge in [-0.2, -0.15) is 10.1 Å². The second-order valence-corrected chi connectivity index (χ2v) is 7.75. The van der Waals surface area contributed by atoms with Gasteiger partial charge in [0.1, 0.15) is 5.54 Å². The molecule has 2 aromatic rings. The van der Waals surface area contributed by atoms with Gasteiger partial charge in [-0.25, -0.2) is 4.79 Å². The van der Waals surface area contributed by atoms with Crippen molar-refractivity contribution < 1.29 is 14.4 Å². The summed E-state index contributed by atoms with van der Waals surface area (Å²) in [4.78, 5) is 40.3. The van der Waals surface area contributed by atoms with Crippen LogP contribution in [0.1, 0.15) is 38.3 Å². The van der Waals surface area contributed by atoms with Crippen LogP contribution in [0.2, 0.25) is 0 Å². The molecule has 0 bridgehead atoms. The average Bonchev–Trinajstić information content (AvgIpc) is 3.24. The summed E-state index contributed by atoms with van der Waals surface area (Å²) in [6.07, 6.45) is 4.01. The van der Waals surface area contributed by atoms with E-state index in [-0.39, 0.29) is 12.6 Å². The van der Waals surface area contributed by atoms with Crippen molar-refractivity contribution in [2.75, 3.05) is 6.54 Å². The van der Waals surface area contributed by atoms with E-state index in [1.807, 2.05) is 57.1 Å². The Morgan fingerprint density at radius 3 is 2.53 bits per heavy atom. The van der Waals surface area contributed by atoms with Gasteiger partial charge in [0.25, 0.3) is 11.8 Å². The number of hydrazine groups is 1. The molecule has 9 heteroatoms. The second kappa shape index (κ2) is 8.66. The summed E-state index contributed by atoms with van der Waals surface area (Å²) in [5.74, 6) is -0.922. The Bertz CT molecular complexity index is 926. The maximum Gasteiger partial charge on any atom is 0.344 e. The number of carbonyl (C=O) groups is 3. The fourth-order valence-electron chi connectivity index (χ4n) is 3.59. The number of urea groups is 1. The largest absolute Gasteiger partial charge is 0.344 e. The summed E-state index contributed by atoms with van der Waals surface area (Å²) in [5.41, 5.74) is 2.96. The highest BCUT2D eigenvalue weighted by Crippen LogP contribution is 2.31. The summed E-state index contributed by atoms with van der Waals surface area (Å²) in [5, 5.41) is 7.70. The van der Waals surface area contributed by atoms with E-state index in [0.29, 0.717) is 18.5 Å². The molecule has 1 aromatic carbocycles. The summed E-state index contributed by atoms with van der Waals surface area (Å²) in [6, 6.07) is 8.50. The van der Waals surface area contributed by atoms with Crippen LogP contribution < -0.4 is 10.7 Å². The van der Waals surface area contributed by atoms with Gasteiger partial charge in [0.2, 0.25) is 0 Å². The smallest absolute Gasteiger partial charge is 0.318 e. The lowest BCUT2D eigenvalue weighted by atomic mass is 9.87. The topological polar surface area (TPSA) is 99.6 Å². The quantitative estimate of drug-likeness (QED) is 0.641. The van der Waals surface area contributed by atoms with E-state index in [2.05, 4.69) is 15.8 Å². The third-order valence-electron chi connectivity index (χ3n) is 5.35. The molecule has 0 radical (unpaired) electrons. The molecular formula is C21H28N6O3. The van der Waals surface area contributed by atoms with E-state index in [1.165, 1.54) is 0 Å². The highest BCUT2D eigenvalue weighted by Gasteiger charge is 2.52. The van der Waals surface area contributed by atoms with Gasteiger partial charge in [-0.05, 0) is 25.8 Å². The maximum atomic E-state index is 13.1. The fourth-order valence-corrected chi connectivity index (χ4v) is 3.59. The first-order valence-electron chi connectivity index (χ1n) is 10.00. The normalized spacial score (nSPS) is 18.9. The van der Waals surface area contributed by atoms with Crippen LogP contribution in [0, 0.1) is 0 Å². The van der Waals surface area contributed by atoms with Crippen LogP contribution in [-0.4, -0.2) is 50.1 Å². The number of amides is 4. The van der Waals surface area contributed by atoms with Crippen molar-refractivity contribution in [1.29, 1.82) is 0 Å². The first-order chi connectivity index (χ1) is 14.3. The zero-order valence-electron chi connectivity index (χ0n) is 17.8. The highest BCUT2D eigenvalue weighted by molar-refractivity contribution is 6.08. The van der Waals surface area contributed by atoms with Crippen molar-refractivity contribution in [3.63, 3.8) is 0 Å². The van der Waals surface area contributed by atoms with Crippen molar-refractivity contribution in [3.05, 3.63) is 53.9 Å². The zero-order valence-corrected chi connectivity index (χ0v) is 17.8. The molecule has 30 heavy (non-hydrogen) atoms. The van der Waals surface area contributed by atoms with Crippen LogP contribution in [-0.2, 0) is 28.7 Å².